The Hall–Kier alpha value is -2.70. The molecule has 1 aromatic carbocycles. The number of hydrogen-bond acceptors (Lipinski definition) is 9. The van der Waals surface area contributed by atoms with E-state index in [0.717, 1.165) is 37.6 Å². The van der Waals surface area contributed by atoms with Gasteiger partial charge in [0, 0.05) is 18.5 Å². The number of aliphatic carboxylic acids is 2. The van der Waals surface area contributed by atoms with Crippen molar-refractivity contribution in [3.05, 3.63) is 35.4 Å². The van der Waals surface area contributed by atoms with E-state index in [-0.39, 0.29) is 11.5 Å². The zero-order chi connectivity index (χ0) is 28.2. The van der Waals surface area contributed by atoms with Crippen molar-refractivity contribution in [3.63, 3.8) is 0 Å². The molecule has 5 N–H and O–H groups in total. The predicted molar refractivity (Wildman–Crippen MR) is 141 cm³/mol. The minimum atomic E-state index is -2.27. The van der Waals surface area contributed by atoms with E-state index in [1.807, 2.05) is 6.08 Å². The van der Waals surface area contributed by atoms with Gasteiger partial charge >= 0.3 is 11.9 Å². The van der Waals surface area contributed by atoms with Crippen LogP contribution in [0.1, 0.15) is 49.7 Å². The molecule has 0 unspecified atom stereocenters. The first kappa shape index (κ1) is 29.3. The molecule has 1 spiro atoms. The molecular formula is C28H40N2O9. The van der Waals surface area contributed by atoms with Crippen LogP contribution in [-0.2, 0) is 21.5 Å². The molecule has 3 heterocycles. The second-order valence-electron chi connectivity index (χ2n) is 10.8. The number of carbonyl (C=O) groups is 2. The molecular weight excluding hydrogens is 508 g/mol. The Labute approximate surface area is 228 Å². The van der Waals surface area contributed by atoms with E-state index in [2.05, 4.69) is 28.0 Å². The zero-order valence-electron chi connectivity index (χ0n) is 22.4. The number of nitrogens with zero attached hydrogens (tertiary/aromatic N) is 2. The van der Waals surface area contributed by atoms with Crippen LogP contribution in [0.2, 0.25) is 0 Å². The first-order valence-corrected chi connectivity index (χ1v) is 13.7. The Balaban J connectivity index is 0.000000303. The number of carboxylic acid groups (broad SMARTS) is 2. The van der Waals surface area contributed by atoms with Gasteiger partial charge in [0.25, 0.3) is 0 Å². The summed E-state index contributed by atoms with van der Waals surface area (Å²) in [5.74, 6) is -1.81. The maximum atomic E-state index is 10.2. The van der Waals surface area contributed by atoms with Crippen molar-refractivity contribution in [3.8, 4) is 11.5 Å². The predicted octanol–water partition coefficient (Wildman–Crippen LogP) is 0.974. The number of likely N-dealkylation sites (tertiary alicyclic amines) is 1. The Kier molecular flexibility index (Phi) is 9.50. The maximum absolute atomic E-state index is 10.2. The molecule has 0 aromatic heterocycles. The number of carboxylic acids is 2. The number of benzene rings is 1. The number of hydrogen-bond donors (Lipinski definition) is 5. The monoisotopic (exact) mass is 548 g/mol. The second-order valence-corrected chi connectivity index (χ2v) is 10.8. The van der Waals surface area contributed by atoms with Gasteiger partial charge < -0.3 is 39.9 Å². The van der Waals surface area contributed by atoms with Gasteiger partial charge in [0.05, 0.1) is 18.6 Å². The van der Waals surface area contributed by atoms with Crippen molar-refractivity contribution < 1.29 is 44.6 Å². The first-order valence-electron chi connectivity index (χ1n) is 13.7. The third kappa shape index (κ3) is 6.38. The lowest BCUT2D eigenvalue weighted by molar-refractivity contribution is -0.165. The van der Waals surface area contributed by atoms with Gasteiger partial charge in [-0.3, -0.25) is 4.90 Å². The third-order valence-electron chi connectivity index (χ3n) is 8.24. The average Bonchev–Trinajstić information content (AvgIpc) is 3.17. The quantitative estimate of drug-likeness (QED) is 0.295. The molecule has 1 aromatic rings. The van der Waals surface area contributed by atoms with Crippen LogP contribution in [0.4, 0.5) is 0 Å². The van der Waals surface area contributed by atoms with Crippen molar-refractivity contribution in [1.82, 2.24) is 9.80 Å². The van der Waals surface area contributed by atoms with E-state index >= 15 is 0 Å². The van der Waals surface area contributed by atoms with Crippen LogP contribution >= 0.6 is 0 Å². The lowest BCUT2D eigenvalue weighted by Gasteiger charge is -2.36. The highest BCUT2D eigenvalue weighted by atomic mass is 16.5. The molecule has 3 aliphatic heterocycles. The average molecular weight is 549 g/mol. The molecule has 5 rings (SSSR count). The van der Waals surface area contributed by atoms with Gasteiger partial charge in [0.15, 0.2) is 23.7 Å². The van der Waals surface area contributed by atoms with Gasteiger partial charge in [0.2, 0.25) is 0 Å². The number of methoxy groups -OCH3 is 1. The topological polar surface area (TPSA) is 160 Å². The fraction of sp³-hybridized carbons (Fsp3) is 0.643. The minimum absolute atomic E-state index is 0.000787. The van der Waals surface area contributed by atoms with Crippen LogP contribution in [0, 0.1) is 0 Å². The van der Waals surface area contributed by atoms with Crippen LogP contribution in [0.15, 0.2) is 24.3 Å². The van der Waals surface area contributed by atoms with Gasteiger partial charge in [-0.1, -0.05) is 24.6 Å². The smallest absolute Gasteiger partial charge is 0.335 e. The van der Waals surface area contributed by atoms with Crippen LogP contribution < -0.4 is 9.47 Å². The molecule has 4 aliphatic rings. The molecule has 0 saturated carbocycles. The summed E-state index contributed by atoms with van der Waals surface area (Å²) in [5, 5.41) is 42.7. The lowest BCUT2D eigenvalue weighted by Crippen LogP contribution is -2.43. The number of aliphatic hydroxyl groups is 3. The molecule has 39 heavy (non-hydrogen) atoms. The van der Waals surface area contributed by atoms with Gasteiger partial charge in [-0.15, -0.1) is 0 Å². The van der Waals surface area contributed by atoms with Crippen LogP contribution in [-0.4, -0.2) is 112 Å². The minimum Gasteiger partial charge on any atom is -0.493 e. The second kappa shape index (κ2) is 12.6. The summed E-state index contributed by atoms with van der Waals surface area (Å²) >= 11 is 0. The maximum Gasteiger partial charge on any atom is 0.335 e. The Morgan fingerprint density at radius 3 is 2.36 bits per heavy atom. The van der Waals surface area contributed by atoms with E-state index < -0.39 is 30.3 Å². The zero-order valence-corrected chi connectivity index (χ0v) is 22.4. The molecule has 1 aliphatic carbocycles. The molecule has 216 valence electrons. The Morgan fingerprint density at radius 2 is 1.72 bits per heavy atom. The molecule has 11 heteroatoms. The summed E-state index contributed by atoms with van der Waals surface area (Å²) in [6.45, 7) is 6.96. The Morgan fingerprint density at radius 1 is 1.05 bits per heavy atom. The summed E-state index contributed by atoms with van der Waals surface area (Å²) in [6, 6.07) is 4.28. The van der Waals surface area contributed by atoms with E-state index in [1.54, 1.807) is 7.11 Å². The van der Waals surface area contributed by atoms with Gasteiger partial charge in [-0.05, 0) is 70.0 Å². The van der Waals surface area contributed by atoms with Crippen molar-refractivity contribution in [2.45, 2.75) is 74.9 Å². The fourth-order valence-electron chi connectivity index (χ4n) is 6.16. The van der Waals surface area contributed by atoms with Crippen molar-refractivity contribution in [2.24, 2.45) is 0 Å². The first-order chi connectivity index (χ1) is 18.7. The highest BCUT2D eigenvalue weighted by Crippen LogP contribution is 2.55. The fourth-order valence-corrected chi connectivity index (χ4v) is 6.16. The van der Waals surface area contributed by atoms with Crippen LogP contribution in [0.3, 0.4) is 0 Å². The molecule has 0 radical (unpaired) electrons. The van der Waals surface area contributed by atoms with E-state index in [9.17, 15) is 14.7 Å². The molecule has 5 atom stereocenters. The van der Waals surface area contributed by atoms with Crippen molar-refractivity contribution in [1.29, 1.82) is 0 Å². The van der Waals surface area contributed by atoms with E-state index in [0.29, 0.717) is 6.42 Å². The normalized spacial score (nSPS) is 27.6. The number of ether oxygens (including phenoxy) is 2. The largest absolute Gasteiger partial charge is 0.493 e. The number of rotatable bonds is 8. The molecule has 0 bridgehead atoms. The number of piperidine rings is 1. The van der Waals surface area contributed by atoms with Crippen molar-refractivity contribution >= 4 is 11.9 Å². The van der Waals surface area contributed by atoms with E-state index in [4.69, 9.17) is 29.9 Å². The summed E-state index contributed by atoms with van der Waals surface area (Å²) in [4.78, 5) is 24.8. The summed E-state index contributed by atoms with van der Waals surface area (Å²) in [7, 11) is 1.71. The van der Waals surface area contributed by atoms with Gasteiger partial charge in [-0.25, -0.2) is 9.59 Å². The van der Waals surface area contributed by atoms with Crippen LogP contribution in [0.25, 0.3) is 0 Å². The lowest BCUT2D eigenvalue weighted by atomic mass is 9.69. The molecule has 0 amide bonds. The summed E-state index contributed by atoms with van der Waals surface area (Å²) < 4.78 is 12.0. The van der Waals surface area contributed by atoms with Gasteiger partial charge in [-0.2, -0.15) is 0 Å². The van der Waals surface area contributed by atoms with E-state index in [1.165, 1.54) is 56.4 Å². The number of aliphatic hydroxyl groups excluding tert-OH is 3. The van der Waals surface area contributed by atoms with Gasteiger partial charge in [0.1, 0.15) is 6.10 Å². The molecule has 11 nitrogen and oxygen atoms in total. The molecule has 1 fully saturated rings. The third-order valence-corrected chi connectivity index (χ3v) is 8.24. The highest BCUT2D eigenvalue weighted by Gasteiger charge is 2.52. The SMILES string of the molecule is COc1ccc2c3c1O[C@H]1C[C@@H](O)C=C[C@@]31CCN(CCCN1CCCCC1)C2.O=C(O)[C@H](O)[C@@H](O)C(=O)O. The summed E-state index contributed by atoms with van der Waals surface area (Å²) in [5.41, 5.74) is 2.54. The van der Waals surface area contributed by atoms with Crippen LogP contribution in [0.5, 0.6) is 11.5 Å². The highest BCUT2D eigenvalue weighted by molar-refractivity contribution is 5.83. The standard InChI is InChI=1S/C24H34N2O3.C4H6O6/c1-28-20-7-6-18-17-26(14-5-13-25-11-3-2-4-12-25)15-10-24-9-8-19(27)16-21(24)29-23(20)22(18)24;5-1(3(7)8)2(6)4(9)10/h6-9,19,21,27H,2-5,10-17H2,1H3;1-2,5-6H,(H,7,8)(H,9,10)/t19-,21-,24-;1-,2-/m01/s1. The van der Waals surface area contributed by atoms with Crippen molar-refractivity contribution in [2.75, 3.05) is 39.8 Å². The summed E-state index contributed by atoms with van der Waals surface area (Å²) in [6.07, 6.45) is 6.32. The Bertz CT molecular complexity index is 1040. The molecule has 1 saturated heterocycles.